The van der Waals surface area contributed by atoms with Gasteiger partial charge in [-0.25, -0.2) is 4.79 Å². The van der Waals surface area contributed by atoms with Gasteiger partial charge >= 0.3 is 5.97 Å². The molecule has 1 rings (SSSR count). The molecule has 0 aromatic carbocycles. The summed E-state index contributed by atoms with van der Waals surface area (Å²) in [6.07, 6.45) is 7.75. The molecule has 2 nitrogen and oxygen atoms in total. The summed E-state index contributed by atoms with van der Waals surface area (Å²) in [4.78, 5) is 11.8. The summed E-state index contributed by atoms with van der Waals surface area (Å²) in [5.74, 6) is -0.213. The molecule has 0 amide bonds. The van der Waals surface area contributed by atoms with Crippen LogP contribution in [0.25, 0.3) is 0 Å². The summed E-state index contributed by atoms with van der Waals surface area (Å²) in [5.41, 5.74) is 1.59. The van der Waals surface area contributed by atoms with Gasteiger partial charge < -0.3 is 4.43 Å². The second kappa shape index (κ2) is 6.55. The third-order valence-electron chi connectivity index (χ3n) is 4.49. The first-order valence-electron chi connectivity index (χ1n) is 7.30. The van der Waals surface area contributed by atoms with Gasteiger partial charge in [-0.05, 0) is 29.5 Å². The molecule has 0 N–H and O–H groups in total. The third kappa shape index (κ3) is 3.05. The molecule has 0 aromatic rings. The molecular weight excluding hydrogens is 240 g/mol. The van der Waals surface area contributed by atoms with Crippen LogP contribution in [0.2, 0.25) is 16.6 Å². The van der Waals surface area contributed by atoms with Gasteiger partial charge in [0.15, 0.2) is 0 Å². The largest absolute Gasteiger partial charge is 0.515 e. The van der Waals surface area contributed by atoms with Gasteiger partial charge in [0.05, 0.1) is 0 Å². The lowest BCUT2D eigenvalue weighted by Gasteiger charge is -2.45. The minimum absolute atomic E-state index is 0.213. The molecule has 0 unspecified atom stereocenters. The van der Waals surface area contributed by atoms with Gasteiger partial charge in [0, 0.05) is 6.08 Å². The fraction of sp³-hybridized carbons (Fsp3) is 0.800. The van der Waals surface area contributed by atoms with E-state index in [0.717, 1.165) is 0 Å². The summed E-state index contributed by atoms with van der Waals surface area (Å²) < 4.78 is 6.03. The number of rotatable bonds is 5. The Labute approximate surface area is 113 Å². The fourth-order valence-electron chi connectivity index (χ4n) is 3.70. The van der Waals surface area contributed by atoms with Crippen molar-refractivity contribution in [2.45, 2.75) is 76.4 Å². The summed E-state index contributed by atoms with van der Waals surface area (Å²) in [6, 6.07) is 0. The molecule has 0 aliphatic heterocycles. The molecule has 0 atom stereocenters. The highest BCUT2D eigenvalue weighted by Gasteiger charge is 2.51. The minimum atomic E-state index is -2.05. The molecule has 1 aliphatic rings. The van der Waals surface area contributed by atoms with E-state index in [9.17, 15) is 4.79 Å². The molecule has 0 radical (unpaired) electrons. The molecule has 1 saturated carbocycles. The van der Waals surface area contributed by atoms with Crippen molar-refractivity contribution in [2.75, 3.05) is 0 Å². The fourth-order valence-corrected chi connectivity index (χ4v) is 9.30. The summed E-state index contributed by atoms with van der Waals surface area (Å²) in [5, 5.41) is 0. The summed E-state index contributed by atoms with van der Waals surface area (Å²) >= 11 is 0. The smallest absolute Gasteiger partial charge is 0.316 e. The van der Waals surface area contributed by atoms with E-state index in [1.54, 1.807) is 0 Å². The van der Waals surface area contributed by atoms with Gasteiger partial charge in [0.2, 0.25) is 0 Å². The molecule has 1 fully saturated rings. The van der Waals surface area contributed by atoms with E-state index in [2.05, 4.69) is 34.3 Å². The molecule has 3 heteroatoms. The normalized spacial score (nSPS) is 18.1. The zero-order valence-electron chi connectivity index (χ0n) is 12.4. The maximum atomic E-state index is 11.8. The minimum Gasteiger partial charge on any atom is -0.515 e. The highest BCUT2D eigenvalue weighted by atomic mass is 28.4. The van der Waals surface area contributed by atoms with E-state index in [0.29, 0.717) is 16.6 Å². The highest BCUT2D eigenvalue weighted by molar-refractivity contribution is 6.79. The maximum absolute atomic E-state index is 11.8. The Bertz CT molecular complexity index is 283. The quantitative estimate of drug-likeness (QED) is 0.528. The molecule has 104 valence electrons. The first-order valence-corrected chi connectivity index (χ1v) is 9.44. The predicted octanol–water partition coefficient (Wildman–Crippen LogP) is 4.82. The standard InChI is InChI=1S/C15H28O2Si/c1-6-15(16)17-18(12(2)3,13(4)5)14-10-8-7-9-11-14/h6,12-14H,1,7-11H2,2-5H3. The number of hydrogen-bond acceptors (Lipinski definition) is 2. The summed E-state index contributed by atoms with van der Waals surface area (Å²) in [7, 11) is -2.05. The van der Waals surface area contributed by atoms with Gasteiger partial charge in [-0.1, -0.05) is 53.5 Å². The Morgan fingerprint density at radius 1 is 1.17 bits per heavy atom. The third-order valence-corrected chi connectivity index (χ3v) is 10.5. The number of carbonyl (C=O) groups excluding carboxylic acids is 1. The Balaban J connectivity index is 3.02. The molecule has 0 heterocycles. The molecule has 0 spiro atoms. The maximum Gasteiger partial charge on any atom is 0.316 e. The van der Waals surface area contributed by atoms with Crippen molar-refractivity contribution in [3.05, 3.63) is 12.7 Å². The lowest BCUT2D eigenvalue weighted by Crippen LogP contribution is -2.51. The number of hydrogen-bond donors (Lipinski definition) is 0. The van der Waals surface area contributed by atoms with Gasteiger partial charge in [-0.3, -0.25) is 0 Å². The van der Waals surface area contributed by atoms with Gasteiger partial charge in [0.1, 0.15) is 0 Å². The van der Waals surface area contributed by atoms with Crippen LogP contribution in [0.5, 0.6) is 0 Å². The van der Waals surface area contributed by atoms with E-state index >= 15 is 0 Å². The van der Waals surface area contributed by atoms with E-state index < -0.39 is 8.32 Å². The topological polar surface area (TPSA) is 26.3 Å². The van der Waals surface area contributed by atoms with Gasteiger partial charge in [-0.2, -0.15) is 0 Å². The molecular formula is C15H28O2Si. The van der Waals surface area contributed by atoms with Crippen molar-refractivity contribution in [1.29, 1.82) is 0 Å². The molecule has 1 aliphatic carbocycles. The van der Waals surface area contributed by atoms with Crippen LogP contribution in [-0.2, 0) is 9.22 Å². The summed E-state index contributed by atoms with van der Waals surface area (Å²) in [6.45, 7) is 12.5. The Morgan fingerprint density at radius 2 is 1.67 bits per heavy atom. The first kappa shape index (κ1) is 15.5. The lowest BCUT2D eigenvalue weighted by atomic mass is 10.0. The Morgan fingerprint density at radius 3 is 2.06 bits per heavy atom. The van der Waals surface area contributed by atoms with Gasteiger partial charge in [-0.15, -0.1) is 0 Å². The second-order valence-corrected chi connectivity index (χ2v) is 11.2. The van der Waals surface area contributed by atoms with Crippen molar-refractivity contribution in [2.24, 2.45) is 0 Å². The van der Waals surface area contributed by atoms with Crippen LogP contribution < -0.4 is 0 Å². The average Bonchev–Trinajstić information content (AvgIpc) is 2.35. The van der Waals surface area contributed by atoms with E-state index in [1.807, 2.05) is 0 Å². The highest BCUT2D eigenvalue weighted by Crippen LogP contribution is 2.49. The van der Waals surface area contributed by atoms with Crippen molar-refractivity contribution in [1.82, 2.24) is 0 Å². The van der Waals surface area contributed by atoms with Crippen LogP contribution in [0.4, 0.5) is 0 Å². The Kier molecular flexibility index (Phi) is 5.64. The van der Waals surface area contributed by atoms with Crippen molar-refractivity contribution in [3.8, 4) is 0 Å². The van der Waals surface area contributed by atoms with Crippen molar-refractivity contribution in [3.63, 3.8) is 0 Å². The van der Waals surface area contributed by atoms with Gasteiger partial charge in [0.25, 0.3) is 8.32 Å². The van der Waals surface area contributed by atoms with Crippen LogP contribution in [0, 0.1) is 0 Å². The van der Waals surface area contributed by atoms with Crippen LogP contribution in [0.3, 0.4) is 0 Å². The molecule has 0 bridgehead atoms. The Hall–Kier alpha value is -0.573. The van der Waals surface area contributed by atoms with Crippen LogP contribution in [0.1, 0.15) is 59.8 Å². The predicted molar refractivity (Wildman–Crippen MR) is 79.1 cm³/mol. The zero-order chi connectivity index (χ0) is 13.8. The van der Waals surface area contributed by atoms with E-state index in [1.165, 1.54) is 38.2 Å². The molecule has 0 aromatic heterocycles. The first-order chi connectivity index (χ1) is 8.45. The molecule has 18 heavy (non-hydrogen) atoms. The van der Waals surface area contributed by atoms with Crippen molar-refractivity contribution >= 4 is 14.3 Å². The van der Waals surface area contributed by atoms with Crippen molar-refractivity contribution < 1.29 is 9.22 Å². The molecule has 0 saturated heterocycles. The van der Waals surface area contributed by atoms with Crippen LogP contribution in [-0.4, -0.2) is 14.3 Å². The second-order valence-electron chi connectivity index (χ2n) is 6.12. The zero-order valence-corrected chi connectivity index (χ0v) is 13.4. The van der Waals surface area contributed by atoms with Crippen LogP contribution in [0.15, 0.2) is 12.7 Å². The van der Waals surface area contributed by atoms with E-state index in [4.69, 9.17) is 4.43 Å². The van der Waals surface area contributed by atoms with Crippen LogP contribution >= 0.6 is 0 Å². The number of carbonyl (C=O) groups is 1. The lowest BCUT2D eigenvalue weighted by molar-refractivity contribution is -0.130. The SMILES string of the molecule is C=CC(=O)O[Si](C(C)C)(C(C)C)C1CCCCC1. The monoisotopic (exact) mass is 268 g/mol. The average molecular weight is 268 g/mol. The van der Waals surface area contributed by atoms with E-state index in [-0.39, 0.29) is 5.97 Å².